The molecule has 0 amide bonds. The Morgan fingerprint density at radius 2 is 0.962 bits per heavy atom. The number of hydrogen-bond acceptors (Lipinski definition) is 8. The van der Waals surface area contributed by atoms with Gasteiger partial charge in [0.05, 0.1) is 26.1 Å². The summed E-state index contributed by atoms with van der Waals surface area (Å²) in [6.45, 7) is 10.7. The molecule has 0 heterocycles. The van der Waals surface area contributed by atoms with E-state index in [0.29, 0.717) is 28.0 Å². The first-order chi connectivity index (χ1) is 25.7. The molecule has 9 heteroatoms. The molecule has 0 spiro atoms. The minimum Gasteiger partial charge on any atom is -0.489 e. The smallest absolute Gasteiger partial charge is 0.336 e. The van der Waals surface area contributed by atoms with Gasteiger partial charge in [-0.1, -0.05) is 122 Å². The van der Waals surface area contributed by atoms with E-state index in [9.17, 15) is 9.59 Å². The third-order valence-electron chi connectivity index (χ3n) is 7.76. The summed E-state index contributed by atoms with van der Waals surface area (Å²) in [5.74, 6) is 0.672. The second-order valence-electron chi connectivity index (χ2n) is 12.1. The predicted octanol–water partition coefficient (Wildman–Crippen LogP) is 10.3. The minimum absolute atomic E-state index is 0.0799. The summed E-state index contributed by atoms with van der Waals surface area (Å²) in [5.41, 5.74) is 4.07. The molecule has 5 aromatic carbocycles. The van der Waals surface area contributed by atoms with E-state index in [1.165, 1.54) is 0 Å². The van der Waals surface area contributed by atoms with Crippen molar-refractivity contribution in [2.24, 2.45) is 0 Å². The molecule has 272 valence electrons. The first-order valence-corrected chi connectivity index (χ1v) is 17.5. The number of ether oxygens (including phenoxy) is 6. The zero-order chi connectivity index (χ0) is 37.6. The quantitative estimate of drug-likeness (QED) is 0.0500. The van der Waals surface area contributed by atoms with Crippen LogP contribution in [0.1, 0.15) is 26.7 Å². The van der Waals surface area contributed by atoms with Crippen LogP contribution in [-0.4, -0.2) is 37.7 Å². The van der Waals surface area contributed by atoms with Gasteiger partial charge in [0.15, 0.2) is 11.5 Å². The van der Waals surface area contributed by atoms with E-state index in [1.54, 1.807) is 32.0 Å². The second kappa shape index (κ2) is 19.0. The first kappa shape index (κ1) is 38.2. The summed E-state index contributed by atoms with van der Waals surface area (Å²) in [4.78, 5) is 25.2. The van der Waals surface area contributed by atoms with Crippen molar-refractivity contribution in [2.75, 3.05) is 13.2 Å². The highest BCUT2D eigenvalue weighted by atomic mass is 35.5. The molecule has 0 saturated carbocycles. The maximum Gasteiger partial charge on any atom is 0.336 e. The molecule has 0 aliphatic heterocycles. The molecule has 0 N–H and O–H groups in total. The average molecular weight is 733 g/mol. The van der Waals surface area contributed by atoms with Gasteiger partial charge in [-0.25, -0.2) is 9.59 Å². The Balaban J connectivity index is 1.26. The summed E-state index contributed by atoms with van der Waals surface area (Å²) in [5, 5.41) is 0.430. The molecule has 0 aliphatic rings. The molecule has 0 saturated heterocycles. The van der Waals surface area contributed by atoms with E-state index in [0.717, 1.165) is 22.3 Å². The van der Waals surface area contributed by atoms with Crippen molar-refractivity contribution in [3.05, 3.63) is 157 Å². The van der Waals surface area contributed by atoms with E-state index in [-0.39, 0.29) is 37.2 Å². The molecule has 8 nitrogen and oxygen atoms in total. The number of carbonyl (C=O) groups excluding carboxylic acids is 2. The molecular formula is C44H41ClO8. The lowest BCUT2D eigenvalue weighted by Gasteiger charge is -2.22. The Morgan fingerprint density at radius 3 is 1.42 bits per heavy atom. The molecular weight excluding hydrogens is 692 g/mol. The molecule has 0 fully saturated rings. The number of para-hydroxylation sites is 2. The third kappa shape index (κ3) is 11.2. The Morgan fingerprint density at radius 1 is 0.547 bits per heavy atom. The summed E-state index contributed by atoms with van der Waals surface area (Å²) in [7, 11) is 0. The zero-order valence-electron chi connectivity index (χ0n) is 29.7. The van der Waals surface area contributed by atoms with Gasteiger partial charge in [0.1, 0.15) is 11.5 Å². The van der Waals surface area contributed by atoms with Crippen molar-refractivity contribution in [2.45, 2.75) is 39.3 Å². The number of hydrogen-bond donors (Lipinski definition) is 0. The van der Waals surface area contributed by atoms with Gasteiger partial charge >= 0.3 is 11.9 Å². The summed E-state index contributed by atoms with van der Waals surface area (Å²) >= 11 is 6.35. The molecule has 2 unspecified atom stereocenters. The Labute approximate surface area is 315 Å². The Kier molecular flexibility index (Phi) is 13.7. The SMILES string of the molecule is C=C(C)C(=O)OC(CCOc1ccc(Cl)cc1OCCC(OC(=O)C(=C)C)Oc1ccccc1-c1ccccc1)Oc1ccccc1-c1ccccc1. The van der Waals surface area contributed by atoms with Crippen LogP contribution in [-0.2, 0) is 19.1 Å². The largest absolute Gasteiger partial charge is 0.489 e. The van der Waals surface area contributed by atoms with Crippen LogP contribution in [0.25, 0.3) is 22.3 Å². The lowest BCUT2D eigenvalue weighted by Crippen LogP contribution is -2.27. The maximum absolute atomic E-state index is 12.6. The Bertz CT molecular complexity index is 2010. The van der Waals surface area contributed by atoms with Gasteiger partial charge in [-0.3, -0.25) is 0 Å². The van der Waals surface area contributed by atoms with E-state index in [2.05, 4.69) is 13.2 Å². The fraction of sp³-hybridized carbons (Fsp3) is 0.182. The van der Waals surface area contributed by atoms with Crippen molar-refractivity contribution in [1.82, 2.24) is 0 Å². The van der Waals surface area contributed by atoms with Crippen LogP contribution in [0.3, 0.4) is 0 Å². The Hall–Kier alpha value is -5.99. The average Bonchev–Trinajstić information content (AvgIpc) is 3.16. The van der Waals surface area contributed by atoms with Crippen LogP contribution in [0.2, 0.25) is 5.02 Å². The monoisotopic (exact) mass is 732 g/mol. The van der Waals surface area contributed by atoms with Crippen LogP contribution in [0.15, 0.2) is 152 Å². The summed E-state index contributed by atoms with van der Waals surface area (Å²) in [6.07, 6.45) is -1.63. The van der Waals surface area contributed by atoms with Gasteiger partial charge in [0.25, 0.3) is 0 Å². The molecule has 0 aliphatic carbocycles. The van der Waals surface area contributed by atoms with Crippen LogP contribution < -0.4 is 18.9 Å². The summed E-state index contributed by atoms with van der Waals surface area (Å²) < 4.78 is 36.1. The fourth-order valence-corrected chi connectivity index (χ4v) is 5.26. The predicted molar refractivity (Wildman–Crippen MR) is 206 cm³/mol. The number of halogens is 1. The number of esters is 2. The molecule has 0 radical (unpaired) electrons. The van der Waals surface area contributed by atoms with Gasteiger partial charge in [0, 0.05) is 33.4 Å². The highest BCUT2D eigenvalue weighted by Crippen LogP contribution is 2.34. The van der Waals surface area contributed by atoms with Crippen LogP contribution in [0.4, 0.5) is 0 Å². The lowest BCUT2D eigenvalue weighted by molar-refractivity contribution is -0.161. The molecule has 0 aromatic heterocycles. The standard InChI is InChI=1S/C44H41ClO8/c1-30(2)43(46)52-41(50-37-21-13-11-19-35(37)32-15-7-5-8-16-32)25-27-48-39-24-23-34(45)29-40(39)49-28-26-42(53-44(47)31(3)4)51-38-22-14-12-20-36(38)33-17-9-6-10-18-33/h5-24,29,41-42H,1,3,25-28H2,2,4H3. The molecule has 5 rings (SSSR count). The highest BCUT2D eigenvalue weighted by Gasteiger charge is 2.22. The van der Waals surface area contributed by atoms with E-state index < -0.39 is 24.5 Å². The topological polar surface area (TPSA) is 89.5 Å². The van der Waals surface area contributed by atoms with Gasteiger partial charge in [-0.15, -0.1) is 0 Å². The lowest BCUT2D eigenvalue weighted by atomic mass is 10.1. The van der Waals surface area contributed by atoms with Crippen molar-refractivity contribution in [3.8, 4) is 45.3 Å². The second-order valence-corrected chi connectivity index (χ2v) is 12.5. The van der Waals surface area contributed by atoms with Crippen LogP contribution in [0, 0.1) is 0 Å². The summed E-state index contributed by atoms with van der Waals surface area (Å²) in [6, 6.07) is 39.6. The van der Waals surface area contributed by atoms with E-state index in [4.69, 9.17) is 40.0 Å². The van der Waals surface area contributed by atoms with Crippen molar-refractivity contribution >= 4 is 23.5 Å². The van der Waals surface area contributed by atoms with Gasteiger partial charge in [0.2, 0.25) is 12.6 Å². The maximum atomic E-state index is 12.6. The van der Waals surface area contributed by atoms with Gasteiger partial charge < -0.3 is 28.4 Å². The molecule has 5 aromatic rings. The van der Waals surface area contributed by atoms with Crippen molar-refractivity contribution in [1.29, 1.82) is 0 Å². The fourth-order valence-electron chi connectivity index (χ4n) is 5.10. The zero-order valence-corrected chi connectivity index (χ0v) is 30.4. The van der Waals surface area contributed by atoms with E-state index >= 15 is 0 Å². The number of rotatable bonds is 18. The number of carbonyl (C=O) groups is 2. The van der Waals surface area contributed by atoms with Crippen molar-refractivity contribution < 1.29 is 38.0 Å². The third-order valence-corrected chi connectivity index (χ3v) is 8.00. The van der Waals surface area contributed by atoms with Gasteiger partial charge in [-0.2, -0.15) is 0 Å². The van der Waals surface area contributed by atoms with Gasteiger partial charge in [-0.05, 0) is 49.2 Å². The van der Waals surface area contributed by atoms with E-state index in [1.807, 2.05) is 109 Å². The van der Waals surface area contributed by atoms with Crippen LogP contribution >= 0.6 is 11.6 Å². The first-order valence-electron chi connectivity index (χ1n) is 17.1. The normalized spacial score (nSPS) is 11.8. The molecule has 53 heavy (non-hydrogen) atoms. The number of benzene rings is 5. The molecule has 2 atom stereocenters. The van der Waals surface area contributed by atoms with Crippen LogP contribution in [0.5, 0.6) is 23.0 Å². The highest BCUT2D eigenvalue weighted by molar-refractivity contribution is 6.30. The van der Waals surface area contributed by atoms with Crippen molar-refractivity contribution in [3.63, 3.8) is 0 Å². The minimum atomic E-state index is -0.993. The molecule has 0 bridgehead atoms.